The van der Waals surface area contributed by atoms with Gasteiger partial charge in [0.2, 0.25) is 0 Å². The third kappa shape index (κ3) is 19.1. The molecule has 6 fully saturated rings. The van der Waals surface area contributed by atoms with Crippen LogP contribution >= 0.6 is 47.2 Å². The quantitative estimate of drug-likeness (QED) is 0.0807. The zero-order valence-electron chi connectivity index (χ0n) is 55.8. The Balaban J connectivity index is 0.000000203. The first-order valence-corrected chi connectivity index (χ1v) is 33.8. The fourth-order valence-electron chi connectivity index (χ4n) is 13.8. The Hall–Kier alpha value is -5.70. The van der Waals surface area contributed by atoms with E-state index in [0.717, 1.165) is 99.1 Å². The molecule has 3 saturated carbocycles. The van der Waals surface area contributed by atoms with Crippen molar-refractivity contribution >= 4 is 76.9 Å². The largest absolute Gasteiger partial charge is 0.494 e. The van der Waals surface area contributed by atoms with Crippen LogP contribution in [0, 0.1) is 34.0 Å². The molecule has 4 aromatic rings. The van der Waals surface area contributed by atoms with E-state index in [-0.39, 0.29) is 54.7 Å². The lowest BCUT2D eigenvalue weighted by Gasteiger charge is -2.39. The van der Waals surface area contributed by atoms with Gasteiger partial charge in [-0.15, -0.1) is 12.4 Å². The number of aliphatic hydroxyl groups is 1. The molecule has 5 amide bonds. The van der Waals surface area contributed by atoms with Gasteiger partial charge in [-0.05, 0) is 219 Å². The van der Waals surface area contributed by atoms with E-state index in [4.69, 9.17) is 53.8 Å². The number of rotatable bonds is 20. The van der Waals surface area contributed by atoms with E-state index in [1.807, 2.05) is 31.7 Å². The number of nitrogens with zero attached hydrogens (tertiary/aromatic N) is 5. The van der Waals surface area contributed by atoms with Crippen molar-refractivity contribution in [2.75, 3.05) is 101 Å². The smallest absolute Gasteiger partial charge is 0.430 e. The maximum atomic E-state index is 13.9. The fraction of sp³-hybridized carbons (Fsp3) is 0.592. The third-order valence-electron chi connectivity index (χ3n) is 19.7. The van der Waals surface area contributed by atoms with Gasteiger partial charge in [0, 0.05) is 74.0 Å². The number of carbonyl (C=O) groups is 5. The number of hydrogen-bond acceptors (Lipinski definition) is 11. The minimum Gasteiger partial charge on any atom is -0.494 e. The molecule has 16 nitrogen and oxygen atoms in total. The van der Waals surface area contributed by atoms with Crippen LogP contribution in [0.5, 0.6) is 17.2 Å². The molecule has 518 valence electrons. The number of piperidine rings is 3. The molecule has 3 heterocycles. The Morgan fingerprint density at radius 2 is 0.883 bits per heavy atom. The van der Waals surface area contributed by atoms with Crippen LogP contribution in [0.4, 0.5) is 18.0 Å². The van der Waals surface area contributed by atoms with E-state index >= 15 is 0 Å². The molecular formula is C71H95Cl4F3N6O10. The Labute approximate surface area is 574 Å². The van der Waals surface area contributed by atoms with Crippen molar-refractivity contribution in [2.24, 2.45) is 34.0 Å². The van der Waals surface area contributed by atoms with Crippen LogP contribution in [0.15, 0.2) is 84.9 Å². The number of halogens is 7. The molecule has 3 aliphatic carbocycles. The highest BCUT2D eigenvalue weighted by atomic mass is 35.5. The predicted octanol–water partition coefficient (Wildman–Crippen LogP) is 14.5. The summed E-state index contributed by atoms with van der Waals surface area (Å²) in [4.78, 5) is 68.8. The number of benzene rings is 4. The van der Waals surface area contributed by atoms with Crippen LogP contribution < -0.4 is 19.5 Å². The fourth-order valence-corrected chi connectivity index (χ4v) is 14.5. The summed E-state index contributed by atoms with van der Waals surface area (Å²) in [5.74, 6) is 2.36. The molecule has 0 aromatic heterocycles. The van der Waals surface area contributed by atoms with Crippen LogP contribution in [0.3, 0.4) is 0 Å². The zero-order chi connectivity index (χ0) is 67.7. The number of likely N-dealkylation sites (tertiary alicyclic amines) is 2. The van der Waals surface area contributed by atoms with Crippen molar-refractivity contribution in [3.05, 3.63) is 122 Å². The number of ether oxygens (including phenoxy) is 4. The summed E-state index contributed by atoms with van der Waals surface area (Å²) in [6.07, 6.45) is 10.5. The third-order valence-corrected chi connectivity index (χ3v) is 20.6. The summed E-state index contributed by atoms with van der Waals surface area (Å²) in [6, 6.07) is 22.1. The van der Waals surface area contributed by atoms with E-state index in [1.165, 1.54) is 78.1 Å². The average molecular weight is 1390 g/mol. The first-order chi connectivity index (χ1) is 43.9. The van der Waals surface area contributed by atoms with Crippen LogP contribution in [0.2, 0.25) is 15.1 Å². The Kier molecular flexibility index (Phi) is 25.9. The molecule has 3 spiro atoms. The first-order valence-electron chi connectivity index (χ1n) is 32.7. The standard InChI is InChI=1S/C28H32ClF3N2O4.C24H35ClN2O4.C19H27ClN2O2.ClH/c1-33(2)24(35)22-11-10-21(17-23(22)29)38-16-6-9-20-18-26(20)12-14-34(15-13-26)25(36)27(37,28(30,31)32)19-7-4-3-5-8-19;1-23(2,3)31-22(29)27-12-10-24(11-13-27)16-17(24)7-6-14-30-18-8-9-19(20(25)15-18)21(28)26(4)5;1-22(2)18(23)16-6-5-15(12-17(16)20)24-11-3-4-14-13-19(14)7-9-21-10-8-19;/h3-5,7-8,10-11,17,20,37H,6,9,12-16,18H2,1-2H3;8-9,15,17H,6-7,10-14,16H2,1-5H3;5-6,12,14,21H,3-4,7-11,13H2,1-2H3;1H/t20-,27-;17-;14-;/m000./s1. The van der Waals surface area contributed by atoms with Gasteiger partial charge >= 0.3 is 12.3 Å². The van der Waals surface area contributed by atoms with Crippen molar-refractivity contribution in [3.63, 3.8) is 0 Å². The number of alkyl halides is 3. The maximum absolute atomic E-state index is 13.9. The second-order valence-corrected chi connectivity index (χ2v) is 29.1. The second kappa shape index (κ2) is 32.1. The van der Waals surface area contributed by atoms with Crippen LogP contribution in [0.25, 0.3) is 0 Å². The molecular weight excluding hydrogens is 1300 g/mol. The molecule has 94 heavy (non-hydrogen) atoms. The molecule has 4 atom stereocenters. The van der Waals surface area contributed by atoms with E-state index in [9.17, 15) is 42.3 Å². The van der Waals surface area contributed by atoms with Crippen molar-refractivity contribution < 1.29 is 61.2 Å². The Morgan fingerprint density at radius 1 is 0.543 bits per heavy atom. The van der Waals surface area contributed by atoms with Gasteiger partial charge in [-0.3, -0.25) is 19.2 Å². The normalized spacial score (nSPS) is 20.1. The molecule has 3 aliphatic heterocycles. The van der Waals surface area contributed by atoms with Crippen molar-refractivity contribution in [2.45, 2.75) is 134 Å². The molecule has 10 rings (SSSR count). The van der Waals surface area contributed by atoms with Gasteiger partial charge in [-0.1, -0.05) is 65.1 Å². The second-order valence-electron chi connectivity index (χ2n) is 27.9. The summed E-state index contributed by atoms with van der Waals surface area (Å²) in [7, 11) is 10.2. The summed E-state index contributed by atoms with van der Waals surface area (Å²) in [6.45, 7) is 11.9. The number of hydrogen-bond donors (Lipinski definition) is 2. The Bertz CT molecular complexity index is 3240. The van der Waals surface area contributed by atoms with Gasteiger partial charge in [0.25, 0.3) is 29.2 Å². The van der Waals surface area contributed by atoms with Crippen LogP contribution in [-0.2, 0) is 15.1 Å². The molecule has 4 aromatic carbocycles. The van der Waals surface area contributed by atoms with Gasteiger partial charge in [0.1, 0.15) is 22.8 Å². The highest BCUT2D eigenvalue weighted by Gasteiger charge is 2.63. The lowest BCUT2D eigenvalue weighted by Crippen LogP contribution is -2.57. The molecule has 0 bridgehead atoms. The van der Waals surface area contributed by atoms with Gasteiger partial charge in [0.15, 0.2) is 0 Å². The summed E-state index contributed by atoms with van der Waals surface area (Å²) >= 11 is 18.7. The first kappa shape index (κ1) is 75.7. The van der Waals surface area contributed by atoms with Gasteiger partial charge in [0.05, 0.1) is 51.6 Å². The van der Waals surface area contributed by atoms with E-state index in [2.05, 4.69) is 5.32 Å². The van der Waals surface area contributed by atoms with Crippen LogP contribution in [-0.4, -0.2) is 172 Å². The lowest BCUT2D eigenvalue weighted by atomic mass is 9.86. The monoisotopic (exact) mass is 1390 g/mol. The molecule has 3 saturated heterocycles. The van der Waals surface area contributed by atoms with Crippen molar-refractivity contribution in [3.8, 4) is 17.2 Å². The topological polar surface area (TPSA) is 171 Å². The van der Waals surface area contributed by atoms with Crippen molar-refractivity contribution in [1.82, 2.24) is 29.8 Å². The predicted molar refractivity (Wildman–Crippen MR) is 363 cm³/mol. The number of nitrogens with one attached hydrogen (secondary N) is 1. The van der Waals surface area contributed by atoms with Gasteiger partial charge < -0.3 is 53.9 Å². The Morgan fingerprint density at radius 3 is 1.20 bits per heavy atom. The van der Waals surface area contributed by atoms with Gasteiger partial charge in [-0.2, -0.15) is 13.2 Å². The summed E-state index contributed by atoms with van der Waals surface area (Å²) in [5, 5.41) is 15.2. The highest BCUT2D eigenvalue weighted by molar-refractivity contribution is 6.34. The molecule has 0 radical (unpaired) electrons. The number of amides is 5. The van der Waals surface area contributed by atoms with E-state index < -0.39 is 28.8 Å². The molecule has 2 N–H and O–H groups in total. The molecule has 0 unspecified atom stereocenters. The summed E-state index contributed by atoms with van der Waals surface area (Å²) < 4.78 is 64.6. The zero-order valence-corrected chi connectivity index (χ0v) is 58.9. The maximum Gasteiger partial charge on any atom is 0.430 e. The average Bonchev–Trinajstić information content (AvgIpc) is 1.62. The lowest BCUT2D eigenvalue weighted by molar-refractivity contribution is -0.262. The minimum atomic E-state index is -5.13. The highest BCUT2D eigenvalue weighted by Crippen LogP contribution is 2.63. The van der Waals surface area contributed by atoms with E-state index in [1.54, 1.807) is 90.8 Å². The summed E-state index contributed by atoms with van der Waals surface area (Å²) in [5.41, 5.74) is -1.96. The van der Waals surface area contributed by atoms with Gasteiger partial charge in [-0.25, -0.2) is 4.79 Å². The number of carbonyl (C=O) groups excluding carboxylic acids is 5. The van der Waals surface area contributed by atoms with Crippen LogP contribution in [0.1, 0.15) is 154 Å². The molecule has 23 heteroatoms. The van der Waals surface area contributed by atoms with Crippen molar-refractivity contribution in [1.29, 1.82) is 0 Å². The molecule has 6 aliphatic rings. The van der Waals surface area contributed by atoms with E-state index in [0.29, 0.717) is 92.7 Å². The minimum absolute atomic E-state index is 0. The SMILES string of the molecule is CN(C)C(=O)c1ccc(OCCC[C@H]2CC23CCN(C(=O)OC(C)(C)C)CC3)cc1Cl.CN(C)C(=O)c1ccc(OCCC[C@H]2CC23CCN(C(=O)[C@@](O)(c2ccccc2)C(F)(F)F)CC3)cc1Cl.CN(C)C(=O)c1ccc(OCCC[C@H]2CC23CCNCC3)cc1Cl.Cl.